The molecule has 0 aliphatic rings. The lowest BCUT2D eigenvalue weighted by Gasteiger charge is -2.04. The van der Waals surface area contributed by atoms with Gasteiger partial charge >= 0.3 is 0 Å². The van der Waals surface area contributed by atoms with Crippen molar-refractivity contribution in [1.82, 2.24) is 5.32 Å². The molecule has 1 N–H and O–H groups in total. The summed E-state index contributed by atoms with van der Waals surface area (Å²) in [5.74, 6) is 0.810. The fraction of sp³-hybridized carbons (Fsp3) is 1.00. The number of methoxy groups -OCH3 is 1. The molecule has 0 aromatic carbocycles. The first-order valence-electron chi connectivity index (χ1n) is 5.67. The van der Waals surface area contributed by atoms with Gasteiger partial charge in [-0.25, -0.2) is 0 Å². The number of rotatable bonds is 11. The van der Waals surface area contributed by atoms with E-state index in [1.165, 1.54) is 25.7 Å². The Hall–Kier alpha value is 0.210. The highest BCUT2D eigenvalue weighted by Crippen LogP contribution is 1.99. The van der Waals surface area contributed by atoms with Gasteiger partial charge in [-0.2, -0.15) is 0 Å². The first-order chi connectivity index (χ1) is 6.91. The van der Waals surface area contributed by atoms with Gasteiger partial charge in [-0.05, 0) is 38.8 Å². The van der Waals surface area contributed by atoms with Gasteiger partial charge < -0.3 is 10.1 Å². The lowest BCUT2D eigenvalue weighted by molar-refractivity contribution is 0.192. The lowest BCUT2D eigenvalue weighted by atomic mass is 10.2. The Bertz CT molecular complexity index is 89.3. The molecule has 0 aliphatic heterocycles. The highest BCUT2D eigenvalue weighted by Gasteiger charge is 1.90. The van der Waals surface area contributed by atoms with Crippen molar-refractivity contribution < 1.29 is 4.74 Å². The lowest BCUT2D eigenvalue weighted by Crippen LogP contribution is -2.16. The van der Waals surface area contributed by atoms with Crippen LogP contribution in [0.4, 0.5) is 0 Å². The maximum Gasteiger partial charge on any atom is 0.0462 e. The summed E-state index contributed by atoms with van der Waals surface area (Å²) in [6, 6.07) is 0. The van der Waals surface area contributed by atoms with Gasteiger partial charge in [0.1, 0.15) is 0 Å². The number of unbranched alkanes of at least 4 members (excludes halogenated alkanes) is 4. The maximum atomic E-state index is 5.59. The third-order valence-electron chi connectivity index (χ3n) is 2.19. The van der Waals surface area contributed by atoms with E-state index in [-0.39, 0.29) is 0 Å². The Labute approximate surface area is 93.4 Å². The molecule has 0 amide bonds. The van der Waals surface area contributed by atoms with Gasteiger partial charge in [-0.3, -0.25) is 0 Å². The molecule has 0 fully saturated rings. The number of hydrogen-bond donors (Lipinski definition) is 1. The van der Waals surface area contributed by atoms with Gasteiger partial charge in [0.2, 0.25) is 0 Å². The predicted octanol–water partition coefficient (Wildman–Crippen LogP) is 2.80. The van der Waals surface area contributed by atoms with Crippen LogP contribution in [-0.2, 0) is 4.74 Å². The molecule has 3 heteroatoms. The third kappa shape index (κ3) is 12.2. The monoisotopic (exact) mass is 221 g/mol. The molecule has 0 spiro atoms. The minimum Gasteiger partial charge on any atom is -0.385 e. The predicted molar refractivity (Wildman–Crippen MR) is 63.2 cm³/mol. The Kier molecular flexibility index (Phi) is 13.4. The average Bonchev–Trinajstić information content (AvgIpc) is 2.21. The molecule has 2 nitrogen and oxygen atoms in total. The van der Waals surface area contributed by atoms with Gasteiger partial charge in [-0.15, -0.1) is 11.6 Å². The standard InChI is InChI=1S/C11H24ClNO/c1-14-11-7-6-10-13-9-5-3-2-4-8-12/h13H,2-11H2,1H3. The van der Waals surface area contributed by atoms with Crippen molar-refractivity contribution in [2.45, 2.75) is 38.5 Å². The first-order valence-corrected chi connectivity index (χ1v) is 6.21. The smallest absolute Gasteiger partial charge is 0.0462 e. The van der Waals surface area contributed by atoms with Crippen molar-refractivity contribution in [3.63, 3.8) is 0 Å². The SMILES string of the molecule is COCCCCNCCCCCCCl. The third-order valence-corrected chi connectivity index (χ3v) is 2.46. The molecule has 0 aromatic heterocycles. The molecule has 0 rings (SSSR count). The van der Waals surface area contributed by atoms with E-state index in [4.69, 9.17) is 16.3 Å². The number of ether oxygens (including phenoxy) is 1. The summed E-state index contributed by atoms with van der Waals surface area (Å²) in [6.07, 6.45) is 7.40. The van der Waals surface area contributed by atoms with Crippen LogP contribution in [0.1, 0.15) is 38.5 Å². The number of halogens is 1. The van der Waals surface area contributed by atoms with Crippen LogP contribution in [0.3, 0.4) is 0 Å². The van der Waals surface area contributed by atoms with Crippen molar-refractivity contribution in [2.75, 3.05) is 32.7 Å². The van der Waals surface area contributed by atoms with Crippen molar-refractivity contribution in [2.24, 2.45) is 0 Å². The molecule has 0 bridgehead atoms. The Balaban J connectivity index is 2.78. The average molecular weight is 222 g/mol. The van der Waals surface area contributed by atoms with Gasteiger partial charge in [-0.1, -0.05) is 12.8 Å². The van der Waals surface area contributed by atoms with E-state index in [1.54, 1.807) is 7.11 Å². The van der Waals surface area contributed by atoms with Crippen LogP contribution < -0.4 is 5.32 Å². The second-order valence-corrected chi connectivity index (χ2v) is 3.93. The van der Waals surface area contributed by atoms with Crippen LogP contribution >= 0.6 is 11.6 Å². The molecule has 0 saturated carbocycles. The summed E-state index contributed by atoms with van der Waals surface area (Å²) in [4.78, 5) is 0. The summed E-state index contributed by atoms with van der Waals surface area (Å²) >= 11 is 5.59. The minimum absolute atomic E-state index is 0.810. The highest BCUT2D eigenvalue weighted by atomic mass is 35.5. The van der Waals surface area contributed by atoms with Crippen LogP contribution in [0.15, 0.2) is 0 Å². The molecular formula is C11H24ClNO. The molecule has 0 atom stereocenters. The van der Waals surface area contributed by atoms with E-state index in [2.05, 4.69) is 5.32 Å². The fourth-order valence-corrected chi connectivity index (χ4v) is 1.51. The van der Waals surface area contributed by atoms with Crippen LogP contribution in [0.5, 0.6) is 0 Å². The Morgan fingerprint density at radius 2 is 1.57 bits per heavy atom. The largest absolute Gasteiger partial charge is 0.385 e. The van der Waals surface area contributed by atoms with E-state index < -0.39 is 0 Å². The second-order valence-electron chi connectivity index (χ2n) is 3.55. The summed E-state index contributed by atoms with van der Waals surface area (Å²) in [6.45, 7) is 3.16. The normalized spacial score (nSPS) is 10.7. The molecule has 0 aromatic rings. The van der Waals surface area contributed by atoms with E-state index in [9.17, 15) is 0 Å². The quantitative estimate of drug-likeness (QED) is 0.428. The summed E-state index contributed by atoms with van der Waals surface area (Å²) in [5.41, 5.74) is 0. The van der Waals surface area contributed by atoms with Gasteiger partial charge in [0.25, 0.3) is 0 Å². The van der Waals surface area contributed by atoms with E-state index in [0.717, 1.165) is 38.4 Å². The van der Waals surface area contributed by atoms with Crippen molar-refractivity contribution in [3.8, 4) is 0 Å². The van der Waals surface area contributed by atoms with Crippen LogP contribution in [0.2, 0.25) is 0 Å². The van der Waals surface area contributed by atoms with Crippen molar-refractivity contribution in [1.29, 1.82) is 0 Å². The number of alkyl halides is 1. The zero-order valence-corrected chi connectivity index (χ0v) is 10.1. The topological polar surface area (TPSA) is 21.3 Å². The molecule has 14 heavy (non-hydrogen) atoms. The molecule has 86 valence electrons. The van der Waals surface area contributed by atoms with E-state index >= 15 is 0 Å². The second kappa shape index (κ2) is 13.2. The fourth-order valence-electron chi connectivity index (χ4n) is 1.32. The number of nitrogens with one attached hydrogen (secondary N) is 1. The Morgan fingerprint density at radius 1 is 0.929 bits per heavy atom. The highest BCUT2D eigenvalue weighted by molar-refractivity contribution is 6.17. The van der Waals surface area contributed by atoms with Gasteiger partial charge in [0.05, 0.1) is 0 Å². The van der Waals surface area contributed by atoms with Crippen molar-refractivity contribution in [3.05, 3.63) is 0 Å². The minimum atomic E-state index is 0.810. The molecule has 0 unspecified atom stereocenters. The summed E-state index contributed by atoms with van der Waals surface area (Å²) < 4.78 is 4.97. The van der Waals surface area contributed by atoms with Crippen LogP contribution in [0, 0.1) is 0 Å². The number of hydrogen-bond acceptors (Lipinski definition) is 2. The summed E-state index contributed by atoms with van der Waals surface area (Å²) in [7, 11) is 1.75. The molecule has 0 radical (unpaired) electrons. The van der Waals surface area contributed by atoms with Gasteiger partial charge in [0.15, 0.2) is 0 Å². The molecular weight excluding hydrogens is 198 g/mol. The van der Waals surface area contributed by atoms with Crippen molar-refractivity contribution >= 4 is 11.6 Å². The molecule has 0 saturated heterocycles. The zero-order valence-electron chi connectivity index (χ0n) is 9.36. The first kappa shape index (κ1) is 14.2. The summed E-state index contributed by atoms with van der Waals surface area (Å²) in [5, 5.41) is 3.43. The molecule has 0 aliphatic carbocycles. The van der Waals surface area contributed by atoms with E-state index in [1.807, 2.05) is 0 Å². The Morgan fingerprint density at radius 3 is 2.21 bits per heavy atom. The van der Waals surface area contributed by atoms with E-state index in [0.29, 0.717) is 0 Å². The maximum absolute atomic E-state index is 5.59. The molecule has 0 heterocycles. The zero-order chi connectivity index (χ0) is 10.5. The van der Waals surface area contributed by atoms with Crippen LogP contribution in [-0.4, -0.2) is 32.7 Å². The van der Waals surface area contributed by atoms with Crippen LogP contribution in [0.25, 0.3) is 0 Å². The van der Waals surface area contributed by atoms with Gasteiger partial charge in [0, 0.05) is 19.6 Å².